The average Bonchev–Trinajstić information content (AvgIpc) is 2.73. The number of piperidine rings is 1. The molecule has 3 rings (SSSR count). The van der Waals surface area contributed by atoms with E-state index < -0.39 is 0 Å². The van der Waals surface area contributed by atoms with Gasteiger partial charge in [0, 0.05) is 31.9 Å². The predicted octanol–water partition coefficient (Wildman–Crippen LogP) is 2.68. The number of aliphatic imine (C=N–C) groups is 1. The predicted molar refractivity (Wildman–Crippen MR) is 114 cm³/mol. The SMILES string of the molecule is CCNC(=NCCOc1cccnc1)NC1CCCN(Cc2ccccc2)C1. The summed E-state index contributed by atoms with van der Waals surface area (Å²) in [5.74, 6) is 1.64. The van der Waals surface area contributed by atoms with E-state index in [1.54, 1.807) is 12.4 Å². The van der Waals surface area contributed by atoms with Crippen LogP contribution in [0.2, 0.25) is 0 Å². The second kappa shape index (κ2) is 11.3. The van der Waals surface area contributed by atoms with E-state index in [1.807, 2.05) is 12.1 Å². The van der Waals surface area contributed by atoms with Crippen molar-refractivity contribution in [3.8, 4) is 5.75 Å². The second-order valence-electron chi connectivity index (χ2n) is 7.00. The molecule has 150 valence electrons. The van der Waals surface area contributed by atoms with E-state index in [0.717, 1.165) is 37.9 Å². The number of rotatable bonds is 8. The molecule has 1 saturated heterocycles. The molecule has 2 N–H and O–H groups in total. The molecule has 1 aliphatic heterocycles. The monoisotopic (exact) mass is 381 g/mol. The third kappa shape index (κ3) is 6.85. The van der Waals surface area contributed by atoms with Crippen molar-refractivity contribution < 1.29 is 4.74 Å². The Morgan fingerprint density at radius 2 is 2.14 bits per heavy atom. The Morgan fingerprint density at radius 1 is 1.25 bits per heavy atom. The Bertz CT molecular complexity index is 707. The lowest BCUT2D eigenvalue weighted by Gasteiger charge is -2.34. The van der Waals surface area contributed by atoms with Crippen LogP contribution in [0.25, 0.3) is 0 Å². The van der Waals surface area contributed by atoms with Gasteiger partial charge in [-0.1, -0.05) is 30.3 Å². The van der Waals surface area contributed by atoms with Gasteiger partial charge in [0.05, 0.1) is 12.7 Å². The summed E-state index contributed by atoms with van der Waals surface area (Å²) in [5, 5.41) is 6.95. The molecule has 1 aromatic carbocycles. The van der Waals surface area contributed by atoms with Crippen LogP contribution in [0.1, 0.15) is 25.3 Å². The molecular weight excluding hydrogens is 350 g/mol. The summed E-state index contributed by atoms with van der Waals surface area (Å²) in [6.07, 6.45) is 5.83. The lowest BCUT2D eigenvalue weighted by atomic mass is 10.0. The normalized spacial score (nSPS) is 17.9. The first-order valence-corrected chi connectivity index (χ1v) is 10.2. The number of aromatic nitrogens is 1. The fourth-order valence-corrected chi connectivity index (χ4v) is 3.43. The van der Waals surface area contributed by atoms with E-state index >= 15 is 0 Å². The Kier molecular flexibility index (Phi) is 8.12. The molecule has 2 heterocycles. The van der Waals surface area contributed by atoms with Crippen LogP contribution in [0.5, 0.6) is 5.75 Å². The van der Waals surface area contributed by atoms with Crippen LogP contribution in [0, 0.1) is 0 Å². The van der Waals surface area contributed by atoms with E-state index in [2.05, 4.69) is 62.8 Å². The largest absolute Gasteiger partial charge is 0.490 e. The van der Waals surface area contributed by atoms with E-state index in [9.17, 15) is 0 Å². The molecule has 2 aromatic rings. The maximum atomic E-state index is 5.67. The van der Waals surface area contributed by atoms with Gasteiger partial charge in [0.25, 0.3) is 0 Å². The molecule has 6 heteroatoms. The van der Waals surface area contributed by atoms with E-state index in [4.69, 9.17) is 4.74 Å². The minimum Gasteiger partial charge on any atom is -0.490 e. The summed E-state index contributed by atoms with van der Waals surface area (Å²) in [6.45, 7) is 7.26. The molecule has 1 unspecified atom stereocenters. The molecule has 28 heavy (non-hydrogen) atoms. The Hall–Kier alpha value is -2.60. The topological polar surface area (TPSA) is 61.8 Å². The maximum Gasteiger partial charge on any atom is 0.191 e. The number of nitrogens with one attached hydrogen (secondary N) is 2. The zero-order valence-electron chi connectivity index (χ0n) is 16.7. The van der Waals surface area contributed by atoms with Gasteiger partial charge >= 0.3 is 0 Å². The van der Waals surface area contributed by atoms with Gasteiger partial charge in [0.15, 0.2) is 5.96 Å². The summed E-state index contributed by atoms with van der Waals surface area (Å²) < 4.78 is 5.67. The van der Waals surface area contributed by atoms with Crippen LogP contribution in [0.4, 0.5) is 0 Å². The smallest absolute Gasteiger partial charge is 0.191 e. The van der Waals surface area contributed by atoms with Crippen LogP contribution in [-0.2, 0) is 6.54 Å². The van der Waals surface area contributed by atoms with Gasteiger partial charge in [0.1, 0.15) is 12.4 Å². The van der Waals surface area contributed by atoms with Crippen molar-refractivity contribution in [1.82, 2.24) is 20.5 Å². The molecule has 0 radical (unpaired) electrons. The summed E-state index contributed by atoms with van der Waals surface area (Å²) in [7, 11) is 0. The lowest BCUT2D eigenvalue weighted by Crippen LogP contribution is -2.51. The highest BCUT2D eigenvalue weighted by molar-refractivity contribution is 5.80. The molecule has 0 amide bonds. The molecular formula is C22H31N5O. The Balaban J connectivity index is 1.46. The first-order chi connectivity index (χ1) is 13.8. The minimum absolute atomic E-state index is 0.412. The summed E-state index contributed by atoms with van der Waals surface area (Å²) in [5.41, 5.74) is 1.37. The quantitative estimate of drug-likeness (QED) is 0.418. The molecule has 0 saturated carbocycles. The Labute approximate surface area is 168 Å². The van der Waals surface area contributed by atoms with Gasteiger partial charge in [-0.05, 0) is 44.0 Å². The van der Waals surface area contributed by atoms with E-state index in [0.29, 0.717) is 19.2 Å². The number of benzene rings is 1. The highest BCUT2D eigenvalue weighted by Crippen LogP contribution is 2.13. The van der Waals surface area contributed by atoms with Crippen LogP contribution in [-0.4, -0.2) is 54.7 Å². The number of pyridine rings is 1. The van der Waals surface area contributed by atoms with Gasteiger partial charge < -0.3 is 15.4 Å². The maximum absolute atomic E-state index is 5.67. The zero-order chi connectivity index (χ0) is 19.4. The molecule has 1 aliphatic rings. The van der Waals surface area contributed by atoms with Gasteiger partial charge in [-0.25, -0.2) is 4.99 Å². The van der Waals surface area contributed by atoms with Crippen molar-refractivity contribution in [2.24, 2.45) is 4.99 Å². The van der Waals surface area contributed by atoms with Crippen molar-refractivity contribution in [3.63, 3.8) is 0 Å². The Morgan fingerprint density at radius 3 is 2.93 bits per heavy atom. The van der Waals surface area contributed by atoms with Crippen LogP contribution in [0.15, 0.2) is 59.9 Å². The second-order valence-corrected chi connectivity index (χ2v) is 7.00. The van der Waals surface area contributed by atoms with E-state index in [-0.39, 0.29) is 0 Å². The number of ether oxygens (including phenoxy) is 1. The van der Waals surface area contributed by atoms with Crippen molar-refractivity contribution in [3.05, 3.63) is 60.4 Å². The van der Waals surface area contributed by atoms with Crippen molar-refractivity contribution in [1.29, 1.82) is 0 Å². The van der Waals surface area contributed by atoms with Crippen molar-refractivity contribution in [2.75, 3.05) is 32.8 Å². The summed E-state index contributed by atoms with van der Waals surface area (Å²) >= 11 is 0. The van der Waals surface area contributed by atoms with Crippen LogP contribution < -0.4 is 15.4 Å². The highest BCUT2D eigenvalue weighted by atomic mass is 16.5. The highest BCUT2D eigenvalue weighted by Gasteiger charge is 2.20. The number of likely N-dealkylation sites (tertiary alicyclic amines) is 1. The fourth-order valence-electron chi connectivity index (χ4n) is 3.43. The van der Waals surface area contributed by atoms with Gasteiger partial charge in [-0.3, -0.25) is 9.88 Å². The third-order valence-corrected chi connectivity index (χ3v) is 4.70. The average molecular weight is 382 g/mol. The number of hydrogen-bond acceptors (Lipinski definition) is 4. The standard InChI is InChI=1S/C22H31N5O/c1-2-24-22(25-13-15-28-21-11-6-12-23-16-21)26-20-10-7-14-27(18-20)17-19-8-4-3-5-9-19/h3-6,8-9,11-12,16,20H,2,7,10,13-15,17-18H2,1H3,(H2,24,25,26). The molecule has 1 aromatic heterocycles. The first-order valence-electron chi connectivity index (χ1n) is 10.2. The number of nitrogens with zero attached hydrogens (tertiary/aromatic N) is 3. The minimum atomic E-state index is 0.412. The van der Waals surface area contributed by atoms with Crippen molar-refractivity contribution in [2.45, 2.75) is 32.4 Å². The van der Waals surface area contributed by atoms with Crippen molar-refractivity contribution >= 4 is 5.96 Å². The number of guanidine groups is 1. The molecule has 1 fully saturated rings. The molecule has 6 nitrogen and oxygen atoms in total. The lowest BCUT2D eigenvalue weighted by molar-refractivity contribution is 0.192. The van der Waals surface area contributed by atoms with E-state index in [1.165, 1.54) is 18.4 Å². The molecule has 0 aliphatic carbocycles. The van der Waals surface area contributed by atoms with Crippen LogP contribution in [0.3, 0.4) is 0 Å². The third-order valence-electron chi connectivity index (χ3n) is 4.70. The number of hydrogen-bond donors (Lipinski definition) is 2. The molecule has 0 spiro atoms. The zero-order valence-corrected chi connectivity index (χ0v) is 16.7. The molecule has 1 atom stereocenters. The molecule has 0 bridgehead atoms. The van der Waals surface area contributed by atoms with Crippen LogP contribution >= 0.6 is 0 Å². The fraction of sp³-hybridized carbons (Fsp3) is 0.455. The van der Waals surface area contributed by atoms with Gasteiger partial charge in [0.2, 0.25) is 0 Å². The first kappa shape index (κ1) is 20.1. The summed E-state index contributed by atoms with van der Waals surface area (Å²) in [4.78, 5) is 11.2. The van der Waals surface area contributed by atoms with Gasteiger partial charge in [-0.15, -0.1) is 0 Å². The summed E-state index contributed by atoms with van der Waals surface area (Å²) in [6, 6.07) is 14.9. The van der Waals surface area contributed by atoms with Gasteiger partial charge in [-0.2, -0.15) is 0 Å².